The van der Waals surface area contributed by atoms with Crippen molar-refractivity contribution in [2.24, 2.45) is 5.92 Å². The largest absolute Gasteiger partial charge is 0.481 e. The van der Waals surface area contributed by atoms with Gasteiger partial charge in [-0.1, -0.05) is 25.6 Å². The maximum Gasteiger partial charge on any atom is 0.313 e. The van der Waals surface area contributed by atoms with Gasteiger partial charge < -0.3 is 10.0 Å². The Morgan fingerprint density at radius 3 is 2.70 bits per heavy atom. The average Bonchev–Trinajstić information content (AvgIpc) is 3.13. The molecule has 1 fully saturated rings. The molecule has 0 aromatic carbocycles. The number of anilines is 1. The van der Waals surface area contributed by atoms with Gasteiger partial charge in [-0.15, -0.1) is 10.2 Å². The molecule has 6 nitrogen and oxygen atoms in total. The maximum atomic E-state index is 10.7. The van der Waals surface area contributed by atoms with Crippen molar-refractivity contribution in [1.82, 2.24) is 14.8 Å². The summed E-state index contributed by atoms with van der Waals surface area (Å²) in [5.74, 6) is 0.638. The number of carboxylic acids is 1. The molecule has 0 spiro atoms. The van der Waals surface area contributed by atoms with E-state index in [0.29, 0.717) is 17.1 Å². The summed E-state index contributed by atoms with van der Waals surface area (Å²) in [6, 6.07) is 0.573. The lowest BCUT2D eigenvalue weighted by Gasteiger charge is -2.25. The first kappa shape index (κ1) is 15.2. The monoisotopic (exact) mass is 298 g/mol. The van der Waals surface area contributed by atoms with Crippen molar-refractivity contribution in [3.8, 4) is 0 Å². The maximum absolute atomic E-state index is 10.7. The highest BCUT2D eigenvalue weighted by Crippen LogP contribution is 2.33. The summed E-state index contributed by atoms with van der Waals surface area (Å²) >= 11 is 1.23. The van der Waals surface area contributed by atoms with Gasteiger partial charge in [0.25, 0.3) is 0 Å². The predicted octanol–water partition coefficient (Wildman–Crippen LogP) is 2.10. The highest BCUT2D eigenvalue weighted by molar-refractivity contribution is 7.99. The first-order valence-electron chi connectivity index (χ1n) is 7.07. The summed E-state index contributed by atoms with van der Waals surface area (Å²) in [4.78, 5) is 13.0. The van der Waals surface area contributed by atoms with Crippen molar-refractivity contribution < 1.29 is 9.90 Å². The van der Waals surface area contributed by atoms with E-state index in [0.717, 1.165) is 19.0 Å². The van der Waals surface area contributed by atoms with E-state index in [1.165, 1.54) is 24.6 Å². The lowest BCUT2D eigenvalue weighted by molar-refractivity contribution is -0.133. The number of rotatable bonds is 8. The van der Waals surface area contributed by atoms with Crippen LogP contribution in [0.5, 0.6) is 0 Å². The van der Waals surface area contributed by atoms with Crippen LogP contribution < -0.4 is 4.90 Å². The van der Waals surface area contributed by atoms with Crippen LogP contribution in [0, 0.1) is 5.92 Å². The Balaban J connectivity index is 2.18. The molecule has 1 aromatic heterocycles. The van der Waals surface area contributed by atoms with E-state index in [9.17, 15) is 4.79 Å². The summed E-state index contributed by atoms with van der Waals surface area (Å²) in [5, 5.41) is 17.9. The van der Waals surface area contributed by atoms with Gasteiger partial charge in [-0.05, 0) is 25.7 Å². The topological polar surface area (TPSA) is 71.2 Å². The predicted molar refractivity (Wildman–Crippen MR) is 79.3 cm³/mol. The third-order valence-corrected chi connectivity index (χ3v) is 4.10. The molecule has 20 heavy (non-hydrogen) atoms. The summed E-state index contributed by atoms with van der Waals surface area (Å²) in [7, 11) is 0. The quantitative estimate of drug-likeness (QED) is 0.741. The lowest BCUT2D eigenvalue weighted by atomic mass is 10.2. The van der Waals surface area contributed by atoms with Gasteiger partial charge in [-0.25, -0.2) is 0 Å². The second kappa shape index (κ2) is 6.47. The molecule has 112 valence electrons. The number of hydrogen-bond donors (Lipinski definition) is 1. The standard InChI is InChI=1S/C13H22N4O2S/c1-4-16-12(14-15-13(16)20-8-11(18)19)17(7-9(2)3)10-5-6-10/h9-10H,4-8H2,1-3H3,(H,18,19). The smallest absolute Gasteiger partial charge is 0.313 e. The van der Waals surface area contributed by atoms with Crippen molar-refractivity contribution in [2.45, 2.75) is 51.4 Å². The number of hydrogen-bond acceptors (Lipinski definition) is 5. The fraction of sp³-hybridized carbons (Fsp3) is 0.769. The van der Waals surface area contributed by atoms with Crippen LogP contribution in [-0.2, 0) is 11.3 Å². The van der Waals surface area contributed by atoms with Gasteiger partial charge in [-0.2, -0.15) is 0 Å². The molecule has 0 radical (unpaired) electrons. The molecule has 0 atom stereocenters. The highest BCUT2D eigenvalue weighted by Gasteiger charge is 2.33. The fourth-order valence-electron chi connectivity index (χ4n) is 2.18. The second-order valence-corrected chi connectivity index (χ2v) is 6.43. The number of nitrogens with zero attached hydrogens (tertiary/aromatic N) is 4. The van der Waals surface area contributed by atoms with Crippen molar-refractivity contribution in [3.63, 3.8) is 0 Å². The molecule has 0 amide bonds. The zero-order valence-electron chi connectivity index (χ0n) is 12.2. The second-order valence-electron chi connectivity index (χ2n) is 5.49. The van der Waals surface area contributed by atoms with Crippen LogP contribution >= 0.6 is 11.8 Å². The fourth-order valence-corrected chi connectivity index (χ4v) is 2.89. The zero-order valence-corrected chi connectivity index (χ0v) is 13.1. The van der Waals surface area contributed by atoms with Crippen molar-refractivity contribution in [2.75, 3.05) is 17.2 Å². The molecule has 1 aromatic rings. The van der Waals surface area contributed by atoms with Crippen LogP contribution in [0.2, 0.25) is 0 Å². The molecule has 0 bridgehead atoms. The minimum Gasteiger partial charge on any atom is -0.481 e. The highest BCUT2D eigenvalue weighted by atomic mass is 32.2. The summed E-state index contributed by atoms with van der Waals surface area (Å²) in [6.07, 6.45) is 2.42. The lowest BCUT2D eigenvalue weighted by Crippen LogP contribution is -2.32. The third kappa shape index (κ3) is 3.65. The molecule has 0 saturated heterocycles. The minimum absolute atomic E-state index is 0.0196. The molecule has 1 heterocycles. The molecule has 2 rings (SSSR count). The molecule has 0 unspecified atom stereocenters. The minimum atomic E-state index is -0.830. The average molecular weight is 298 g/mol. The van der Waals surface area contributed by atoms with Gasteiger partial charge in [-0.3, -0.25) is 9.36 Å². The van der Waals surface area contributed by atoms with E-state index in [-0.39, 0.29) is 5.75 Å². The van der Waals surface area contributed by atoms with Gasteiger partial charge in [0.2, 0.25) is 5.95 Å². The van der Waals surface area contributed by atoms with E-state index in [2.05, 4.69) is 28.9 Å². The summed E-state index contributed by atoms with van der Waals surface area (Å²) in [5.41, 5.74) is 0. The van der Waals surface area contributed by atoms with Gasteiger partial charge in [0.1, 0.15) is 0 Å². The van der Waals surface area contributed by atoms with Crippen LogP contribution in [0.3, 0.4) is 0 Å². The molecule has 1 N–H and O–H groups in total. The summed E-state index contributed by atoms with van der Waals surface area (Å²) in [6.45, 7) is 8.15. The third-order valence-electron chi connectivity index (χ3n) is 3.14. The van der Waals surface area contributed by atoms with E-state index in [1.807, 2.05) is 11.5 Å². The van der Waals surface area contributed by atoms with E-state index >= 15 is 0 Å². The zero-order chi connectivity index (χ0) is 14.7. The molecule has 1 aliphatic rings. The first-order chi connectivity index (χ1) is 9.52. The Kier molecular flexibility index (Phi) is 4.91. The normalized spacial score (nSPS) is 14.8. The SMILES string of the molecule is CCn1c(SCC(=O)O)nnc1N(CC(C)C)C1CC1. The Morgan fingerprint density at radius 1 is 1.50 bits per heavy atom. The van der Waals surface area contributed by atoms with Gasteiger partial charge in [0, 0.05) is 19.1 Å². The van der Waals surface area contributed by atoms with Crippen LogP contribution in [0.15, 0.2) is 5.16 Å². The van der Waals surface area contributed by atoms with Crippen LogP contribution in [0.1, 0.15) is 33.6 Å². The van der Waals surface area contributed by atoms with Gasteiger partial charge in [0.05, 0.1) is 5.75 Å². The Bertz CT molecular complexity index is 471. The Morgan fingerprint density at radius 2 is 2.20 bits per heavy atom. The molecular formula is C13H22N4O2S. The van der Waals surface area contributed by atoms with E-state index in [1.54, 1.807) is 0 Å². The van der Waals surface area contributed by atoms with Crippen LogP contribution in [-0.4, -0.2) is 44.2 Å². The first-order valence-corrected chi connectivity index (χ1v) is 8.05. The summed E-state index contributed by atoms with van der Waals surface area (Å²) < 4.78 is 2.02. The molecule has 0 aliphatic heterocycles. The number of aliphatic carboxylic acids is 1. The van der Waals surface area contributed by atoms with Crippen molar-refractivity contribution in [1.29, 1.82) is 0 Å². The number of aromatic nitrogens is 3. The number of carboxylic acid groups (broad SMARTS) is 1. The molecule has 1 saturated carbocycles. The number of thioether (sulfide) groups is 1. The Labute approximate surface area is 123 Å². The van der Waals surface area contributed by atoms with Gasteiger partial charge >= 0.3 is 5.97 Å². The van der Waals surface area contributed by atoms with Gasteiger partial charge in [0.15, 0.2) is 5.16 Å². The molecule has 1 aliphatic carbocycles. The van der Waals surface area contributed by atoms with Crippen LogP contribution in [0.25, 0.3) is 0 Å². The Hall–Kier alpha value is -1.24. The van der Waals surface area contributed by atoms with E-state index in [4.69, 9.17) is 5.11 Å². The van der Waals surface area contributed by atoms with Crippen molar-refractivity contribution in [3.05, 3.63) is 0 Å². The molecule has 7 heteroatoms. The molecular weight excluding hydrogens is 276 g/mol. The van der Waals surface area contributed by atoms with Crippen LogP contribution in [0.4, 0.5) is 5.95 Å². The number of carbonyl (C=O) groups is 1. The van der Waals surface area contributed by atoms with Crippen molar-refractivity contribution >= 4 is 23.7 Å². The van der Waals surface area contributed by atoms with E-state index < -0.39 is 5.97 Å².